The van der Waals surface area contributed by atoms with Gasteiger partial charge in [0.05, 0.1) is 21.4 Å². The van der Waals surface area contributed by atoms with Gasteiger partial charge in [-0.1, -0.05) is 42.8 Å². The van der Waals surface area contributed by atoms with Crippen molar-refractivity contribution in [2.24, 2.45) is 10.8 Å². The number of phenols is 1. The Labute approximate surface area is 219 Å². The molecule has 2 heterocycles. The van der Waals surface area contributed by atoms with E-state index in [1.807, 2.05) is 19.9 Å². The number of ether oxygens (including phenoxy) is 1. The molecule has 2 aromatic rings. The van der Waals surface area contributed by atoms with Crippen molar-refractivity contribution in [3.8, 4) is 11.5 Å². The van der Waals surface area contributed by atoms with Crippen molar-refractivity contribution in [3.63, 3.8) is 0 Å². The molecule has 6 rings (SSSR count). The number of nitrogens with one attached hydrogen (secondary N) is 1. The van der Waals surface area contributed by atoms with Gasteiger partial charge in [-0.15, -0.1) is 0 Å². The van der Waals surface area contributed by atoms with E-state index < -0.39 is 43.9 Å². The fourth-order valence-corrected chi connectivity index (χ4v) is 7.85. The third-order valence-electron chi connectivity index (χ3n) is 8.56. The second kappa shape index (κ2) is 7.32. The standard InChI is InChI=1S/C29H25NO7S/c1-15-10-11-20-27(2,3)24(32)19(38(35,36)17-8-6-5-7-9-17)14-29(20)28(15,4)13-16-12-18(31)21-22(23(16)37-29)26(34)30-25(21)33/h5-12,14,31H,13H2,1-4H3,(H,30,33,34). The van der Waals surface area contributed by atoms with Gasteiger partial charge < -0.3 is 9.84 Å². The number of amides is 2. The molecule has 0 saturated heterocycles. The minimum atomic E-state index is -4.24. The predicted molar refractivity (Wildman–Crippen MR) is 137 cm³/mol. The van der Waals surface area contributed by atoms with Gasteiger partial charge in [0.1, 0.15) is 16.4 Å². The molecule has 0 saturated carbocycles. The summed E-state index contributed by atoms with van der Waals surface area (Å²) < 4.78 is 34.5. The Hall–Kier alpha value is -3.98. The Bertz CT molecular complexity index is 1710. The van der Waals surface area contributed by atoms with Crippen molar-refractivity contribution in [3.05, 3.63) is 87.4 Å². The van der Waals surface area contributed by atoms with Crippen LogP contribution in [0.1, 0.15) is 54.0 Å². The maximum atomic E-state index is 13.9. The molecule has 4 aliphatic rings. The fraction of sp³-hybridized carbons (Fsp3) is 0.276. The van der Waals surface area contributed by atoms with Crippen molar-refractivity contribution >= 4 is 27.4 Å². The summed E-state index contributed by atoms with van der Waals surface area (Å²) in [4.78, 5) is 38.7. The highest BCUT2D eigenvalue weighted by Crippen LogP contribution is 2.62. The number of hydrogen-bond donors (Lipinski definition) is 2. The average molecular weight is 532 g/mol. The van der Waals surface area contributed by atoms with Crippen LogP contribution in [0.5, 0.6) is 11.5 Å². The number of carbonyl (C=O) groups is 3. The molecule has 2 amide bonds. The highest BCUT2D eigenvalue weighted by atomic mass is 32.2. The van der Waals surface area contributed by atoms with E-state index in [9.17, 15) is 27.9 Å². The SMILES string of the molecule is CC1=CC=C2C(C)(C)C(=O)C(S(=O)(=O)c3ccccc3)=CC23Oc2c(cc(O)c4c2C(=O)NC4=O)CC13C. The fourth-order valence-electron chi connectivity index (χ4n) is 6.26. The zero-order valence-electron chi connectivity index (χ0n) is 21.2. The van der Waals surface area contributed by atoms with Crippen LogP contribution >= 0.6 is 0 Å². The lowest BCUT2D eigenvalue weighted by molar-refractivity contribution is -0.124. The molecule has 1 spiro atoms. The number of imide groups is 1. The molecule has 38 heavy (non-hydrogen) atoms. The van der Waals surface area contributed by atoms with E-state index in [1.165, 1.54) is 24.3 Å². The van der Waals surface area contributed by atoms with Crippen LogP contribution in [0.15, 0.2) is 75.6 Å². The van der Waals surface area contributed by atoms with Crippen LogP contribution in [-0.4, -0.2) is 36.7 Å². The molecule has 2 aliphatic heterocycles. The normalized spacial score (nSPS) is 27.1. The lowest BCUT2D eigenvalue weighted by atomic mass is 9.52. The number of aromatic hydroxyl groups is 1. The molecule has 2 aromatic carbocycles. The molecule has 2 aliphatic carbocycles. The Balaban J connectivity index is 1.69. The van der Waals surface area contributed by atoms with E-state index in [4.69, 9.17) is 4.74 Å². The summed E-state index contributed by atoms with van der Waals surface area (Å²) in [6, 6.07) is 9.16. The number of allylic oxidation sites excluding steroid dienone is 3. The molecule has 8 nitrogen and oxygen atoms in total. The summed E-state index contributed by atoms with van der Waals surface area (Å²) >= 11 is 0. The molecule has 2 unspecified atom stereocenters. The van der Waals surface area contributed by atoms with Gasteiger partial charge in [-0.2, -0.15) is 0 Å². The van der Waals surface area contributed by atoms with Gasteiger partial charge in [-0.3, -0.25) is 19.7 Å². The van der Waals surface area contributed by atoms with Crippen molar-refractivity contribution in [1.82, 2.24) is 5.32 Å². The Morgan fingerprint density at radius 2 is 1.63 bits per heavy atom. The van der Waals surface area contributed by atoms with E-state index in [-0.39, 0.29) is 38.8 Å². The van der Waals surface area contributed by atoms with Crippen molar-refractivity contribution in [1.29, 1.82) is 0 Å². The zero-order chi connectivity index (χ0) is 27.4. The first kappa shape index (κ1) is 24.4. The van der Waals surface area contributed by atoms with Crippen LogP contribution in [0, 0.1) is 10.8 Å². The Kier molecular flexibility index (Phi) is 4.69. The number of rotatable bonds is 2. The second-order valence-corrected chi connectivity index (χ2v) is 12.9. The summed E-state index contributed by atoms with van der Waals surface area (Å²) in [7, 11) is -4.24. The number of benzene rings is 2. The first-order valence-corrected chi connectivity index (χ1v) is 13.7. The van der Waals surface area contributed by atoms with Gasteiger partial charge in [0.25, 0.3) is 11.8 Å². The number of Topliss-reactive ketones (excluding diaryl/α,β-unsaturated/α-hetero) is 1. The number of hydrogen-bond acceptors (Lipinski definition) is 7. The minimum absolute atomic E-state index is 0.0176. The monoisotopic (exact) mass is 531 g/mol. The van der Waals surface area contributed by atoms with Crippen LogP contribution in [-0.2, 0) is 21.1 Å². The number of sulfone groups is 1. The molecule has 2 atom stereocenters. The van der Waals surface area contributed by atoms with E-state index in [0.29, 0.717) is 11.1 Å². The van der Waals surface area contributed by atoms with Gasteiger partial charge in [-0.25, -0.2) is 8.42 Å². The van der Waals surface area contributed by atoms with Crippen LogP contribution in [0.3, 0.4) is 0 Å². The Morgan fingerprint density at radius 3 is 2.32 bits per heavy atom. The summed E-state index contributed by atoms with van der Waals surface area (Å²) in [6.45, 7) is 7.15. The molecule has 0 bridgehead atoms. The van der Waals surface area contributed by atoms with Crippen molar-refractivity contribution in [2.45, 2.75) is 44.6 Å². The quantitative estimate of drug-likeness (QED) is 0.564. The first-order valence-electron chi connectivity index (χ1n) is 12.2. The summed E-state index contributed by atoms with van der Waals surface area (Å²) in [5, 5.41) is 12.8. The van der Waals surface area contributed by atoms with Crippen LogP contribution in [0.2, 0.25) is 0 Å². The predicted octanol–water partition coefficient (Wildman–Crippen LogP) is 3.81. The lowest BCUT2D eigenvalue weighted by Gasteiger charge is -2.58. The highest BCUT2D eigenvalue weighted by molar-refractivity contribution is 7.96. The smallest absolute Gasteiger partial charge is 0.262 e. The molecule has 0 radical (unpaired) electrons. The van der Waals surface area contributed by atoms with E-state index >= 15 is 0 Å². The highest BCUT2D eigenvalue weighted by Gasteiger charge is 2.64. The second-order valence-electron chi connectivity index (χ2n) is 11.0. The Morgan fingerprint density at radius 1 is 0.974 bits per heavy atom. The third kappa shape index (κ3) is 2.79. The third-order valence-corrected chi connectivity index (χ3v) is 10.3. The van der Waals surface area contributed by atoms with Crippen LogP contribution in [0.4, 0.5) is 0 Å². The van der Waals surface area contributed by atoms with Gasteiger partial charge in [0.15, 0.2) is 11.4 Å². The van der Waals surface area contributed by atoms with E-state index in [2.05, 4.69) is 5.32 Å². The summed E-state index contributed by atoms with van der Waals surface area (Å²) in [5.41, 5.74) is -2.00. The molecule has 194 valence electrons. The average Bonchev–Trinajstić information content (AvgIpc) is 3.16. The molecule has 0 aromatic heterocycles. The topological polar surface area (TPSA) is 127 Å². The van der Waals surface area contributed by atoms with Gasteiger partial charge in [0, 0.05) is 5.41 Å². The zero-order valence-corrected chi connectivity index (χ0v) is 22.0. The van der Waals surface area contributed by atoms with Gasteiger partial charge in [-0.05, 0) is 62.6 Å². The minimum Gasteiger partial charge on any atom is -0.507 e. The molecular weight excluding hydrogens is 506 g/mol. The maximum absolute atomic E-state index is 13.9. The van der Waals surface area contributed by atoms with E-state index in [1.54, 1.807) is 38.1 Å². The summed E-state index contributed by atoms with van der Waals surface area (Å²) in [6.07, 6.45) is 5.32. The molecule has 2 N–H and O–H groups in total. The lowest BCUT2D eigenvalue weighted by Crippen LogP contribution is -2.62. The number of carbonyl (C=O) groups excluding carboxylic acids is 3. The van der Waals surface area contributed by atoms with Crippen LogP contribution in [0.25, 0.3) is 0 Å². The van der Waals surface area contributed by atoms with Gasteiger partial charge >= 0.3 is 0 Å². The molecular formula is C29H25NO7S. The van der Waals surface area contributed by atoms with E-state index in [0.717, 1.165) is 5.57 Å². The largest absolute Gasteiger partial charge is 0.507 e. The van der Waals surface area contributed by atoms with Crippen LogP contribution < -0.4 is 10.1 Å². The summed E-state index contributed by atoms with van der Waals surface area (Å²) in [5.74, 6) is -2.25. The maximum Gasteiger partial charge on any atom is 0.262 e. The number of phenolic OH excluding ortho intramolecular Hbond substituents is 1. The number of fused-ring (bicyclic) bond motifs is 3. The first-order chi connectivity index (χ1) is 17.8. The molecule has 9 heteroatoms. The van der Waals surface area contributed by atoms with Crippen molar-refractivity contribution < 1.29 is 32.6 Å². The van der Waals surface area contributed by atoms with Crippen molar-refractivity contribution in [2.75, 3.05) is 0 Å². The number of ketones is 1. The van der Waals surface area contributed by atoms with Gasteiger partial charge in [0.2, 0.25) is 9.84 Å². The molecule has 0 fully saturated rings.